The standard InChI is InChI=1S/C16H16N2O4/c1-11(13-4-6-14(7-5-13)18(20)21)17-10-12-3-8-15(19)16(9-12)22-2/h3-11,19H,1-2H3/t11-/m1/s1. The van der Waals surface area contributed by atoms with Gasteiger partial charge in [-0.25, -0.2) is 0 Å². The molecule has 1 atom stereocenters. The Balaban J connectivity index is 2.13. The zero-order valence-electron chi connectivity index (χ0n) is 12.3. The first-order chi connectivity index (χ1) is 10.5. The van der Waals surface area contributed by atoms with E-state index in [0.717, 1.165) is 11.1 Å². The number of nitro benzene ring substituents is 1. The Morgan fingerprint density at radius 1 is 1.27 bits per heavy atom. The fraction of sp³-hybridized carbons (Fsp3) is 0.188. The summed E-state index contributed by atoms with van der Waals surface area (Å²) >= 11 is 0. The number of non-ortho nitro benzene ring substituents is 1. The van der Waals surface area contributed by atoms with Crippen molar-refractivity contribution in [3.63, 3.8) is 0 Å². The molecule has 6 heteroatoms. The van der Waals surface area contributed by atoms with Crippen LogP contribution in [0.25, 0.3) is 0 Å². The molecule has 0 radical (unpaired) electrons. The molecule has 2 rings (SSSR count). The third kappa shape index (κ3) is 3.60. The van der Waals surface area contributed by atoms with Crippen molar-refractivity contribution < 1.29 is 14.8 Å². The van der Waals surface area contributed by atoms with Crippen molar-refractivity contribution in [2.45, 2.75) is 13.0 Å². The molecule has 0 aliphatic heterocycles. The molecular formula is C16H16N2O4. The molecule has 0 saturated carbocycles. The molecule has 22 heavy (non-hydrogen) atoms. The summed E-state index contributed by atoms with van der Waals surface area (Å²) in [5.74, 6) is 0.454. The topological polar surface area (TPSA) is 85.0 Å². The summed E-state index contributed by atoms with van der Waals surface area (Å²) < 4.78 is 5.04. The number of ether oxygens (including phenoxy) is 1. The minimum atomic E-state index is -0.430. The van der Waals surface area contributed by atoms with E-state index in [1.54, 1.807) is 30.5 Å². The number of benzene rings is 2. The smallest absolute Gasteiger partial charge is 0.269 e. The van der Waals surface area contributed by atoms with Gasteiger partial charge in [0.2, 0.25) is 0 Å². The van der Waals surface area contributed by atoms with Crippen molar-refractivity contribution >= 4 is 11.9 Å². The summed E-state index contributed by atoms with van der Waals surface area (Å²) in [6, 6.07) is 11.1. The molecule has 2 aromatic carbocycles. The highest BCUT2D eigenvalue weighted by molar-refractivity contribution is 5.81. The van der Waals surface area contributed by atoms with Gasteiger partial charge in [0.25, 0.3) is 5.69 Å². The number of aromatic hydroxyl groups is 1. The van der Waals surface area contributed by atoms with Crippen LogP contribution in [0.1, 0.15) is 24.1 Å². The van der Waals surface area contributed by atoms with Gasteiger partial charge >= 0.3 is 0 Å². The fourth-order valence-electron chi connectivity index (χ4n) is 1.93. The maximum Gasteiger partial charge on any atom is 0.269 e. The molecule has 0 heterocycles. The fourth-order valence-corrected chi connectivity index (χ4v) is 1.93. The highest BCUT2D eigenvalue weighted by Crippen LogP contribution is 2.26. The Morgan fingerprint density at radius 3 is 2.55 bits per heavy atom. The number of hydrogen-bond acceptors (Lipinski definition) is 5. The van der Waals surface area contributed by atoms with Gasteiger partial charge in [-0.3, -0.25) is 15.1 Å². The third-order valence-electron chi connectivity index (χ3n) is 3.24. The van der Waals surface area contributed by atoms with Gasteiger partial charge in [0, 0.05) is 18.3 Å². The highest BCUT2D eigenvalue weighted by Gasteiger charge is 2.08. The first-order valence-electron chi connectivity index (χ1n) is 6.66. The molecule has 114 valence electrons. The van der Waals surface area contributed by atoms with E-state index in [0.29, 0.717) is 5.75 Å². The minimum Gasteiger partial charge on any atom is -0.504 e. The Morgan fingerprint density at radius 2 is 1.95 bits per heavy atom. The summed E-state index contributed by atoms with van der Waals surface area (Å²) in [4.78, 5) is 14.6. The predicted octanol–water partition coefficient (Wildman–Crippen LogP) is 3.49. The van der Waals surface area contributed by atoms with E-state index < -0.39 is 4.92 Å². The third-order valence-corrected chi connectivity index (χ3v) is 3.24. The van der Waals surface area contributed by atoms with Gasteiger partial charge in [0.1, 0.15) is 0 Å². The molecular weight excluding hydrogens is 284 g/mol. The van der Waals surface area contributed by atoms with Crippen molar-refractivity contribution in [2.24, 2.45) is 4.99 Å². The summed E-state index contributed by atoms with van der Waals surface area (Å²) in [6.45, 7) is 1.90. The largest absolute Gasteiger partial charge is 0.504 e. The maximum absolute atomic E-state index is 10.6. The molecule has 2 aromatic rings. The lowest BCUT2D eigenvalue weighted by atomic mass is 10.1. The van der Waals surface area contributed by atoms with Crippen molar-refractivity contribution in [3.05, 3.63) is 63.7 Å². The van der Waals surface area contributed by atoms with Crippen LogP contribution in [0.4, 0.5) is 5.69 Å². The second-order valence-corrected chi connectivity index (χ2v) is 4.73. The van der Waals surface area contributed by atoms with E-state index >= 15 is 0 Å². The van der Waals surface area contributed by atoms with E-state index in [-0.39, 0.29) is 17.5 Å². The number of nitrogens with zero attached hydrogens (tertiary/aromatic N) is 2. The first kappa shape index (κ1) is 15.5. The number of rotatable bonds is 5. The molecule has 1 N–H and O–H groups in total. The van der Waals surface area contributed by atoms with Crippen molar-refractivity contribution in [3.8, 4) is 11.5 Å². The number of aliphatic imine (C=N–C) groups is 1. The monoisotopic (exact) mass is 300 g/mol. The number of phenols is 1. The number of hydrogen-bond donors (Lipinski definition) is 1. The average Bonchev–Trinajstić information content (AvgIpc) is 2.53. The molecule has 0 bridgehead atoms. The van der Waals surface area contributed by atoms with Crippen LogP contribution in [0.2, 0.25) is 0 Å². The number of phenolic OH excluding ortho intramolecular Hbond substituents is 1. The molecule has 0 aliphatic rings. The molecule has 0 fully saturated rings. The molecule has 0 saturated heterocycles. The van der Waals surface area contributed by atoms with Crippen molar-refractivity contribution in [1.29, 1.82) is 0 Å². The van der Waals surface area contributed by atoms with Gasteiger partial charge in [0.05, 0.1) is 18.1 Å². The van der Waals surface area contributed by atoms with Crippen LogP contribution in [0.15, 0.2) is 47.5 Å². The minimum absolute atomic E-state index is 0.0585. The summed E-state index contributed by atoms with van der Waals surface area (Å²) in [7, 11) is 1.48. The van der Waals surface area contributed by atoms with E-state index in [1.165, 1.54) is 25.3 Å². The van der Waals surface area contributed by atoms with Gasteiger partial charge in [0.15, 0.2) is 11.5 Å². The molecule has 6 nitrogen and oxygen atoms in total. The second-order valence-electron chi connectivity index (χ2n) is 4.73. The van der Waals surface area contributed by atoms with E-state index in [9.17, 15) is 15.2 Å². The zero-order chi connectivity index (χ0) is 16.1. The first-order valence-corrected chi connectivity index (χ1v) is 6.66. The van der Waals surface area contributed by atoms with Crippen LogP contribution in [0.5, 0.6) is 11.5 Å². The summed E-state index contributed by atoms with van der Waals surface area (Å²) in [5, 5.41) is 20.2. The Hall–Kier alpha value is -2.89. The molecule has 0 aromatic heterocycles. The van der Waals surface area contributed by atoms with Crippen LogP contribution < -0.4 is 4.74 Å². The average molecular weight is 300 g/mol. The quantitative estimate of drug-likeness (QED) is 0.520. The summed E-state index contributed by atoms with van der Waals surface area (Å²) in [5.41, 5.74) is 1.74. The van der Waals surface area contributed by atoms with E-state index in [4.69, 9.17) is 4.74 Å². The number of nitro groups is 1. The lowest BCUT2D eigenvalue weighted by Gasteiger charge is -2.07. The molecule has 0 unspecified atom stereocenters. The van der Waals surface area contributed by atoms with E-state index in [2.05, 4.69) is 4.99 Å². The lowest BCUT2D eigenvalue weighted by Crippen LogP contribution is -1.93. The Kier molecular flexibility index (Phi) is 4.73. The molecule has 0 amide bonds. The molecule has 0 spiro atoms. The van der Waals surface area contributed by atoms with Crippen LogP contribution in [0, 0.1) is 10.1 Å². The Bertz CT molecular complexity index is 696. The van der Waals surface area contributed by atoms with Crippen LogP contribution in [0.3, 0.4) is 0 Å². The normalized spacial score (nSPS) is 12.3. The van der Waals surface area contributed by atoms with E-state index in [1.807, 2.05) is 6.92 Å². The van der Waals surface area contributed by atoms with Gasteiger partial charge in [-0.15, -0.1) is 0 Å². The van der Waals surface area contributed by atoms with Gasteiger partial charge in [-0.1, -0.05) is 12.1 Å². The molecule has 0 aliphatic carbocycles. The SMILES string of the molecule is COc1cc(C=N[C@H](C)c2ccc([N+](=O)[O-])cc2)ccc1O. The van der Waals surface area contributed by atoms with Crippen LogP contribution in [-0.2, 0) is 0 Å². The zero-order valence-corrected chi connectivity index (χ0v) is 12.3. The van der Waals surface area contributed by atoms with Gasteiger partial charge < -0.3 is 9.84 Å². The Labute approximate surface area is 127 Å². The number of methoxy groups -OCH3 is 1. The van der Waals surface area contributed by atoms with Crippen molar-refractivity contribution in [2.75, 3.05) is 7.11 Å². The van der Waals surface area contributed by atoms with Gasteiger partial charge in [-0.2, -0.15) is 0 Å². The van der Waals surface area contributed by atoms with Crippen LogP contribution in [-0.4, -0.2) is 23.4 Å². The predicted molar refractivity (Wildman–Crippen MR) is 83.8 cm³/mol. The highest BCUT2D eigenvalue weighted by atomic mass is 16.6. The van der Waals surface area contributed by atoms with Crippen molar-refractivity contribution in [1.82, 2.24) is 0 Å². The lowest BCUT2D eigenvalue weighted by molar-refractivity contribution is -0.384. The maximum atomic E-state index is 10.6. The van der Waals surface area contributed by atoms with Crippen LogP contribution >= 0.6 is 0 Å². The second kappa shape index (κ2) is 6.71. The van der Waals surface area contributed by atoms with Gasteiger partial charge in [-0.05, 0) is 36.2 Å². The summed E-state index contributed by atoms with van der Waals surface area (Å²) in [6.07, 6.45) is 1.67.